The molecule has 0 aliphatic carbocycles. The van der Waals surface area contributed by atoms with Gasteiger partial charge in [-0.1, -0.05) is 12.1 Å². The molecule has 1 aromatic heterocycles. The minimum atomic E-state index is -4.60. The van der Waals surface area contributed by atoms with Gasteiger partial charge in [0.05, 0.1) is 17.8 Å². The maximum atomic E-state index is 13.0. The molecule has 0 spiro atoms. The second-order valence-electron chi connectivity index (χ2n) is 6.37. The third-order valence-corrected chi connectivity index (χ3v) is 4.90. The lowest BCUT2D eigenvalue weighted by atomic mass is 10.1. The van der Waals surface area contributed by atoms with Crippen molar-refractivity contribution in [3.05, 3.63) is 52.2 Å². The average Bonchev–Trinajstić information content (AvgIpc) is 3.23. The van der Waals surface area contributed by atoms with Gasteiger partial charge in [-0.3, -0.25) is 14.4 Å². The number of para-hydroxylation sites is 1. The number of amides is 3. The lowest BCUT2D eigenvalue weighted by molar-refractivity contribution is -0.137. The predicted octanol–water partition coefficient (Wildman–Crippen LogP) is 3.76. The topological polar surface area (TPSA) is 78.5 Å². The molecular formula is C20H22F3N3O3S. The van der Waals surface area contributed by atoms with Crippen LogP contribution in [-0.4, -0.2) is 42.3 Å². The summed E-state index contributed by atoms with van der Waals surface area (Å²) in [6, 6.07) is 6.35. The molecule has 1 aromatic carbocycles. The number of halogens is 3. The number of carbonyl (C=O) groups is 3. The van der Waals surface area contributed by atoms with Crippen molar-refractivity contribution in [1.82, 2.24) is 10.2 Å². The first-order valence-electron chi connectivity index (χ1n) is 9.26. The molecule has 10 heteroatoms. The maximum Gasteiger partial charge on any atom is 0.418 e. The number of hydrogen-bond donors (Lipinski definition) is 2. The Morgan fingerprint density at radius 1 is 1.13 bits per heavy atom. The van der Waals surface area contributed by atoms with Crippen molar-refractivity contribution in [1.29, 1.82) is 0 Å². The van der Waals surface area contributed by atoms with Crippen LogP contribution in [0.15, 0.2) is 41.1 Å². The third-order valence-electron chi connectivity index (χ3n) is 4.21. The van der Waals surface area contributed by atoms with Crippen LogP contribution >= 0.6 is 11.3 Å². The molecule has 3 amide bonds. The van der Waals surface area contributed by atoms with Crippen LogP contribution in [0, 0.1) is 0 Å². The van der Waals surface area contributed by atoms with Gasteiger partial charge in [-0.05, 0) is 36.9 Å². The molecule has 0 fully saturated rings. The number of anilines is 1. The molecule has 0 unspecified atom stereocenters. The van der Waals surface area contributed by atoms with E-state index in [0.29, 0.717) is 18.5 Å². The van der Waals surface area contributed by atoms with Gasteiger partial charge in [0.25, 0.3) is 5.91 Å². The first kappa shape index (κ1) is 23.4. The molecule has 2 aromatic rings. The monoisotopic (exact) mass is 441 g/mol. The molecule has 30 heavy (non-hydrogen) atoms. The molecular weight excluding hydrogens is 419 g/mol. The maximum absolute atomic E-state index is 13.0. The quantitative estimate of drug-likeness (QED) is 0.582. The van der Waals surface area contributed by atoms with Crippen LogP contribution in [0.1, 0.15) is 35.7 Å². The summed E-state index contributed by atoms with van der Waals surface area (Å²) < 4.78 is 39.1. The first-order chi connectivity index (χ1) is 14.2. The van der Waals surface area contributed by atoms with Gasteiger partial charge in [0.15, 0.2) is 0 Å². The zero-order valence-corrected chi connectivity index (χ0v) is 17.1. The number of alkyl halides is 3. The summed E-state index contributed by atoms with van der Waals surface area (Å²) >= 11 is 1.41. The normalized spacial score (nSPS) is 11.1. The molecule has 0 radical (unpaired) electrons. The Bertz CT molecular complexity index is 870. The van der Waals surface area contributed by atoms with E-state index in [0.717, 1.165) is 12.1 Å². The van der Waals surface area contributed by atoms with Gasteiger partial charge < -0.3 is 15.5 Å². The van der Waals surface area contributed by atoms with Crippen LogP contribution in [0.25, 0.3) is 0 Å². The highest BCUT2D eigenvalue weighted by Gasteiger charge is 2.33. The Morgan fingerprint density at radius 3 is 2.50 bits per heavy atom. The second-order valence-corrected chi connectivity index (χ2v) is 7.15. The largest absolute Gasteiger partial charge is 0.418 e. The number of nitrogens with zero attached hydrogens (tertiary/aromatic N) is 1. The average molecular weight is 441 g/mol. The summed E-state index contributed by atoms with van der Waals surface area (Å²) in [7, 11) is 0. The Morgan fingerprint density at radius 2 is 1.87 bits per heavy atom. The summed E-state index contributed by atoms with van der Waals surface area (Å²) in [5.74, 6) is -1.26. The minimum absolute atomic E-state index is 0.101. The first-order valence-corrected chi connectivity index (χ1v) is 10.2. The van der Waals surface area contributed by atoms with Crippen molar-refractivity contribution in [2.75, 3.05) is 25.0 Å². The van der Waals surface area contributed by atoms with Gasteiger partial charge in [-0.15, -0.1) is 0 Å². The Balaban J connectivity index is 1.82. The number of nitrogens with one attached hydrogen (secondary N) is 2. The second kappa shape index (κ2) is 10.8. The highest BCUT2D eigenvalue weighted by Crippen LogP contribution is 2.34. The molecule has 6 nitrogen and oxygen atoms in total. The number of benzene rings is 1. The summed E-state index contributed by atoms with van der Waals surface area (Å²) in [6.07, 6.45) is -4.12. The summed E-state index contributed by atoms with van der Waals surface area (Å²) in [6.45, 7) is 1.84. The lowest BCUT2D eigenvalue weighted by Crippen LogP contribution is -2.38. The Labute approximate surface area is 176 Å². The predicted molar refractivity (Wildman–Crippen MR) is 108 cm³/mol. The zero-order valence-electron chi connectivity index (χ0n) is 16.3. The van der Waals surface area contributed by atoms with Gasteiger partial charge >= 0.3 is 6.18 Å². The molecule has 0 saturated carbocycles. The zero-order chi connectivity index (χ0) is 22.1. The molecule has 0 saturated heterocycles. The van der Waals surface area contributed by atoms with Crippen LogP contribution in [0.2, 0.25) is 0 Å². The van der Waals surface area contributed by atoms with Gasteiger partial charge in [0, 0.05) is 30.5 Å². The van der Waals surface area contributed by atoms with Crippen molar-refractivity contribution in [2.24, 2.45) is 0 Å². The molecule has 2 N–H and O–H groups in total. The fraction of sp³-hybridized carbons (Fsp3) is 0.350. The molecule has 162 valence electrons. The van der Waals surface area contributed by atoms with E-state index in [9.17, 15) is 27.6 Å². The number of carbonyl (C=O) groups excluding carboxylic acids is 3. The van der Waals surface area contributed by atoms with Crippen LogP contribution < -0.4 is 10.6 Å². The number of rotatable bonds is 9. The smallest absolute Gasteiger partial charge is 0.352 e. The molecule has 0 bridgehead atoms. The summed E-state index contributed by atoms with van der Waals surface area (Å²) in [5, 5.41) is 8.43. The molecule has 2 rings (SSSR count). The van der Waals surface area contributed by atoms with Crippen LogP contribution in [0.4, 0.5) is 18.9 Å². The fourth-order valence-electron chi connectivity index (χ4n) is 2.67. The lowest BCUT2D eigenvalue weighted by Gasteiger charge is -2.21. The van der Waals surface area contributed by atoms with E-state index in [1.807, 2.05) is 0 Å². The Kier molecular flexibility index (Phi) is 8.40. The molecule has 1 heterocycles. The van der Waals surface area contributed by atoms with Crippen LogP contribution in [0.3, 0.4) is 0 Å². The van der Waals surface area contributed by atoms with Crippen LogP contribution in [-0.2, 0) is 15.8 Å². The van der Waals surface area contributed by atoms with E-state index >= 15 is 0 Å². The van der Waals surface area contributed by atoms with E-state index in [1.54, 1.807) is 23.8 Å². The summed E-state index contributed by atoms with van der Waals surface area (Å²) in [5.41, 5.74) is -0.749. The van der Waals surface area contributed by atoms with Crippen molar-refractivity contribution >= 4 is 34.7 Å². The Hall–Kier alpha value is -2.88. The van der Waals surface area contributed by atoms with E-state index in [2.05, 4.69) is 10.6 Å². The van der Waals surface area contributed by atoms with E-state index < -0.39 is 17.6 Å². The van der Waals surface area contributed by atoms with Gasteiger partial charge in [0.1, 0.15) is 0 Å². The standard InChI is InChI=1S/C20H22F3N3O3S/c1-2-26(18(28)8-5-10-24-19(29)14-9-11-30-13-14)12-17(27)25-16-7-4-3-6-15(16)20(21,22)23/h3-4,6-7,9,11,13H,2,5,8,10,12H2,1H3,(H,24,29)(H,25,27). The molecule has 0 atom stereocenters. The SMILES string of the molecule is CCN(CC(=O)Nc1ccccc1C(F)(F)F)C(=O)CCCNC(=O)c1ccsc1. The number of thiophene rings is 1. The third kappa shape index (κ3) is 6.87. The fourth-order valence-corrected chi connectivity index (χ4v) is 3.31. The highest BCUT2D eigenvalue weighted by molar-refractivity contribution is 7.08. The molecule has 0 aliphatic heterocycles. The van der Waals surface area contributed by atoms with Crippen molar-refractivity contribution in [2.45, 2.75) is 25.9 Å². The molecule has 0 aliphatic rings. The summed E-state index contributed by atoms with van der Waals surface area (Å²) in [4.78, 5) is 37.6. The van der Waals surface area contributed by atoms with E-state index in [4.69, 9.17) is 0 Å². The van der Waals surface area contributed by atoms with Crippen LogP contribution in [0.5, 0.6) is 0 Å². The van der Waals surface area contributed by atoms with E-state index in [1.165, 1.54) is 28.4 Å². The van der Waals surface area contributed by atoms with Crippen molar-refractivity contribution < 1.29 is 27.6 Å². The van der Waals surface area contributed by atoms with Crippen molar-refractivity contribution in [3.63, 3.8) is 0 Å². The van der Waals surface area contributed by atoms with Gasteiger partial charge in [-0.2, -0.15) is 24.5 Å². The van der Waals surface area contributed by atoms with Crippen molar-refractivity contribution in [3.8, 4) is 0 Å². The highest BCUT2D eigenvalue weighted by atomic mass is 32.1. The number of hydrogen-bond acceptors (Lipinski definition) is 4. The van der Waals surface area contributed by atoms with E-state index in [-0.39, 0.29) is 37.0 Å². The number of likely N-dealkylation sites (N-methyl/N-ethyl adjacent to an activating group) is 1. The van der Waals surface area contributed by atoms with Gasteiger partial charge in [0.2, 0.25) is 11.8 Å². The minimum Gasteiger partial charge on any atom is -0.352 e. The van der Waals surface area contributed by atoms with Gasteiger partial charge in [-0.25, -0.2) is 0 Å².